The Morgan fingerprint density at radius 2 is 1.84 bits per heavy atom. The molecule has 2 rings (SSSR count). The van der Waals surface area contributed by atoms with Crippen molar-refractivity contribution in [1.29, 1.82) is 0 Å². The molecular weight excluding hydrogens is 264 g/mol. The quantitative estimate of drug-likeness (QED) is 0.934. The Bertz CT molecular complexity index is 666. The average molecular weight is 280 g/mol. The summed E-state index contributed by atoms with van der Waals surface area (Å²) in [6.07, 6.45) is 0.459. The number of aliphatic hydroxyl groups is 1. The number of sulfone groups is 1. The zero-order valence-electron chi connectivity index (χ0n) is 10.9. The van der Waals surface area contributed by atoms with Crippen LogP contribution < -0.4 is 0 Å². The van der Waals surface area contributed by atoms with E-state index in [1.54, 1.807) is 24.3 Å². The van der Waals surface area contributed by atoms with Crippen LogP contribution in [0, 0.1) is 6.92 Å². The largest absolute Gasteiger partial charge is 0.462 e. The molecule has 2 aromatic rings. The molecule has 0 fully saturated rings. The summed E-state index contributed by atoms with van der Waals surface area (Å²) in [5, 5.41) is 9.06. The maximum Gasteiger partial charge on any atom is 0.210 e. The summed E-state index contributed by atoms with van der Waals surface area (Å²) >= 11 is 0. The van der Waals surface area contributed by atoms with Crippen molar-refractivity contribution in [2.75, 3.05) is 0 Å². The Kier molecular flexibility index (Phi) is 3.78. The molecule has 0 aliphatic carbocycles. The van der Waals surface area contributed by atoms with Gasteiger partial charge in [0.25, 0.3) is 0 Å². The lowest BCUT2D eigenvalue weighted by Crippen LogP contribution is -2.03. The summed E-state index contributed by atoms with van der Waals surface area (Å²) in [6, 6.07) is 8.07. The zero-order valence-corrected chi connectivity index (χ0v) is 11.7. The Labute approximate surface area is 112 Å². The third-order valence-electron chi connectivity index (χ3n) is 2.92. The Morgan fingerprint density at radius 3 is 2.37 bits per heavy atom. The first-order chi connectivity index (χ1) is 8.98. The number of furan rings is 1. The standard InChI is InChI=1S/C14H16O4S/c1-3-13-14(8-11(9-15)18-13)19(16,17)12-6-4-10(2)5-7-12/h4-8,15H,3,9H2,1-2H3. The minimum Gasteiger partial charge on any atom is -0.462 e. The maximum atomic E-state index is 12.5. The molecule has 0 amide bonds. The van der Waals surface area contributed by atoms with E-state index in [-0.39, 0.29) is 22.2 Å². The number of aliphatic hydroxyl groups excluding tert-OH is 1. The van der Waals surface area contributed by atoms with Crippen molar-refractivity contribution < 1.29 is 17.9 Å². The van der Waals surface area contributed by atoms with E-state index in [0.717, 1.165) is 5.56 Å². The molecule has 0 unspecified atom stereocenters. The first kappa shape index (κ1) is 13.8. The van der Waals surface area contributed by atoms with Gasteiger partial charge in [-0.1, -0.05) is 24.6 Å². The zero-order chi connectivity index (χ0) is 14.0. The van der Waals surface area contributed by atoms with E-state index in [0.29, 0.717) is 12.2 Å². The summed E-state index contributed by atoms with van der Waals surface area (Å²) in [6.45, 7) is 3.40. The molecule has 5 heteroatoms. The van der Waals surface area contributed by atoms with Crippen LogP contribution in [-0.4, -0.2) is 13.5 Å². The lowest BCUT2D eigenvalue weighted by atomic mass is 10.2. The van der Waals surface area contributed by atoms with Gasteiger partial charge in [0.15, 0.2) is 0 Å². The summed E-state index contributed by atoms with van der Waals surface area (Å²) in [5.74, 6) is 0.646. The fourth-order valence-electron chi connectivity index (χ4n) is 1.86. The van der Waals surface area contributed by atoms with Crippen LogP contribution in [0.4, 0.5) is 0 Å². The van der Waals surface area contributed by atoms with Gasteiger partial charge in [0.1, 0.15) is 23.0 Å². The number of benzene rings is 1. The van der Waals surface area contributed by atoms with E-state index >= 15 is 0 Å². The number of hydrogen-bond acceptors (Lipinski definition) is 4. The van der Waals surface area contributed by atoms with E-state index in [2.05, 4.69) is 0 Å². The number of hydrogen-bond donors (Lipinski definition) is 1. The number of rotatable bonds is 4. The Morgan fingerprint density at radius 1 is 1.21 bits per heavy atom. The van der Waals surface area contributed by atoms with E-state index in [1.807, 2.05) is 13.8 Å². The first-order valence-electron chi connectivity index (χ1n) is 6.03. The number of aryl methyl sites for hydroxylation is 2. The molecule has 19 heavy (non-hydrogen) atoms. The van der Waals surface area contributed by atoms with E-state index < -0.39 is 9.84 Å². The molecular formula is C14H16O4S. The van der Waals surface area contributed by atoms with Crippen LogP contribution in [0.3, 0.4) is 0 Å². The molecule has 0 spiro atoms. The van der Waals surface area contributed by atoms with Crippen LogP contribution in [0.15, 0.2) is 44.5 Å². The molecule has 0 aliphatic heterocycles. The van der Waals surface area contributed by atoms with Crippen molar-refractivity contribution in [1.82, 2.24) is 0 Å². The molecule has 1 heterocycles. The van der Waals surface area contributed by atoms with Crippen molar-refractivity contribution in [3.8, 4) is 0 Å². The smallest absolute Gasteiger partial charge is 0.210 e. The van der Waals surface area contributed by atoms with Crippen molar-refractivity contribution in [2.24, 2.45) is 0 Å². The van der Waals surface area contributed by atoms with Crippen molar-refractivity contribution >= 4 is 9.84 Å². The molecule has 0 bridgehead atoms. The maximum absolute atomic E-state index is 12.5. The summed E-state index contributed by atoms with van der Waals surface area (Å²) < 4.78 is 30.3. The molecule has 0 saturated carbocycles. The van der Waals surface area contributed by atoms with Crippen LogP contribution in [0.2, 0.25) is 0 Å². The molecule has 0 radical (unpaired) electrons. The summed E-state index contributed by atoms with van der Waals surface area (Å²) in [5.41, 5.74) is 0.998. The fourth-order valence-corrected chi connectivity index (χ4v) is 3.38. The summed E-state index contributed by atoms with van der Waals surface area (Å²) in [4.78, 5) is 0.376. The van der Waals surface area contributed by atoms with Crippen molar-refractivity contribution in [3.63, 3.8) is 0 Å². The van der Waals surface area contributed by atoms with Gasteiger partial charge in [-0.25, -0.2) is 8.42 Å². The van der Waals surface area contributed by atoms with Crippen LogP contribution >= 0.6 is 0 Å². The third kappa shape index (κ3) is 2.57. The normalized spacial score (nSPS) is 11.7. The summed E-state index contributed by atoms with van der Waals surface area (Å²) in [7, 11) is -3.59. The first-order valence-corrected chi connectivity index (χ1v) is 7.51. The minimum atomic E-state index is -3.59. The minimum absolute atomic E-state index is 0.142. The fraction of sp³-hybridized carbons (Fsp3) is 0.286. The van der Waals surface area contributed by atoms with Crippen LogP contribution in [0.25, 0.3) is 0 Å². The highest BCUT2D eigenvalue weighted by molar-refractivity contribution is 7.91. The second-order valence-corrected chi connectivity index (χ2v) is 6.25. The molecule has 1 aromatic carbocycles. The third-order valence-corrected chi connectivity index (χ3v) is 4.74. The highest BCUT2D eigenvalue weighted by Gasteiger charge is 2.24. The van der Waals surface area contributed by atoms with Crippen molar-refractivity contribution in [3.05, 3.63) is 47.4 Å². The van der Waals surface area contributed by atoms with Gasteiger partial charge < -0.3 is 9.52 Å². The predicted molar refractivity (Wildman–Crippen MR) is 70.6 cm³/mol. The molecule has 102 valence electrons. The average Bonchev–Trinajstić information content (AvgIpc) is 2.83. The van der Waals surface area contributed by atoms with Gasteiger partial charge in [0.2, 0.25) is 9.84 Å². The van der Waals surface area contributed by atoms with Crippen LogP contribution in [0.5, 0.6) is 0 Å². The van der Waals surface area contributed by atoms with Gasteiger partial charge in [-0.3, -0.25) is 0 Å². The highest BCUT2D eigenvalue weighted by atomic mass is 32.2. The molecule has 0 aliphatic rings. The molecule has 0 saturated heterocycles. The Hall–Kier alpha value is -1.59. The van der Waals surface area contributed by atoms with Gasteiger partial charge in [-0.05, 0) is 19.1 Å². The molecule has 1 N–H and O–H groups in total. The second kappa shape index (κ2) is 5.19. The van der Waals surface area contributed by atoms with Crippen molar-refractivity contribution in [2.45, 2.75) is 36.7 Å². The van der Waals surface area contributed by atoms with Gasteiger partial charge in [0, 0.05) is 12.5 Å². The van der Waals surface area contributed by atoms with E-state index in [4.69, 9.17) is 9.52 Å². The van der Waals surface area contributed by atoms with E-state index in [9.17, 15) is 8.42 Å². The lowest BCUT2D eigenvalue weighted by Gasteiger charge is -2.04. The second-order valence-electron chi connectivity index (χ2n) is 4.33. The predicted octanol–water partition coefficient (Wildman–Crippen LogP) is 2.48. The van der Waals surface area contributed by atoms with Crippen LogP contribution in [-0.2, 0) is 22.9 Å². The van der Waals surface area contributed by atoms with Gasteiger partial charge in [0.05, 0.1) is 4.90 Å². The highest BCUT2D eigenvalue weighted by Crippen LogP contribution is 2.27. The SMILES string of the molecule is CCc1oc(CO)cc1S(=O)(=O)c1ccc(C)cc1. The molecule has 4 nitrogen and oxygen atoms in total. The molecule has 0 atom stereocenters. The topological polar surface area (TPSA) is 67.5 Å². The lowest BCUT2D eigenvalue weighted by molar-refractivity contribution is 0.243. The van der Waals surface area contributed by atoms with Crippen LogP contribution in [0.1, 0.15) is 24.0 Å². The monoisotopic (exact) mass is 280 g/mol. The van der Waals surface area contributed by atoms with E-state index in [1.165, 1.54) is 6.07 Å². The van der Waals surface area contributed by atoms with Gasteiger partial charge in [-0.2, -0.15) is 0 Å². The van der Waals surface area contributed by atoms with Gasteiger partial charge >= 0.3 is 0 Å². The molecule has 1 aromatic heterocycles. The Balaban J connectivity index is 2.55. The van der Waals surface area contributed by atoms with Gasteiger partial charge in [-0.15, -0.1) is 0 Å².